The lowest BCUT2D eigenvalue weighted by molar-refractivity contribution is -0.0737. The molecule has 1 radical (unpaired) electrons. The van der Waals surface area contributed by atoms with E-state index in [1.54, 1.807) is 7.05 Å². The van der Waals surface area contributed by atoms with Crippen molar-refractivity contribution >= 4 is 22.9 Å². The summed E-state index contributed by atoms with van der Waals surface area (Å²) in [6, 6.07) is 0. The molecular weight excluding hydrogens is 314 g/mol. The predicted octanol–water partition coefficient (Wildman–Crippen LogP) is -0.183. The number of anilines is 2. The Kier molecular flexibility index (Phi) is 3.78. The first-order chi connectivity index (χ1) is 11.0. The molecule has 1 aliphatic heterocycles. The Morgan fingerprint density at radius 2 is 2.30 bits per heavy atom. The van der Waals surface area contributed by atoms with Crippen LogP contribution in [0.15, 0.2) is 6.33 Å². The zero-order chi connectivity index (χ0) is 16.8. The van der Waals surface area contributed by atoms with Crippen molar-refractivity contribution in [2.45, 2.75) is 24.1 Å². The average Bonchev–Trinajstić information content (AvgIpc) is 3.07. The van der Waals surface area contributed by atoms with Gasteiger partial charge in [-0.2, -0.15) is 9.97 Å². The number of hydrogen-bond donors (Lipinski definition) is 3. The Morgan fingerprint density at radius 3 is 2.91 bits per heavy atom. The minimum absolute atomic E-state index is 0.0982. The first-order valence-electron chi connectivity index (χ1n) is 6.80. The van der Waals surface area contributed by atoms with Gasteiger partial charge >= 0.3 is 0 Å². The predicted molar refractivity (Wildman–Crippen MR) is 74.6 cm³/mol. The number of halogens is 2. The Balaban J connectivity index is 2.14. The molecule has 4 atom stereocenters. The number of nitrogens with zero attached hydrogens (tertiary/aromatic N) is 4. The van der Waals surface area contributed by atoms with Crippen molar-refractivity contribution in [3.05, 3.63) is 6.33 Å². The highest BCUT2D eigenvalue weighted by molar-refractivity contribution is 5.84. The standard InChI is InChI=1S/C12H15F2N6O3/c1-16-8-6-9(19-11(15)18-8)20(4-17-6)10-12(14,3-13)7(22)5(2-21)23-10/h4-5,7,10,22H,2-3H2,1H3,(H3,15,16,18,19)/t5-,7-,10-,12-/m1/s1. The molecule has 0 aromatic carbocycles. The molecule has 0 spiro atoms. The first-order valence-corrected chi connectivity index (χ1v) is 6.80. The summed E-state index contributed by atoms with van der Waals surface area (Å²) < 4.78 is 34.5. The molecule has 9 nitrogen and oxygen atoms in total. The van der Waals surface area contributed by atoms with Gasteiger partial charge in [0.2, 0.25) is 11.6 Å². The van der Waals surface area contributed by atoms with Crippen LogP contribution in [0.4, 0.5) is 20.5 Å². The van der Waals surface area contributed by atoms with Crippen LogP contribution >= 0.6 is 0 Å². The van der Waals surface area contributed by atoms with E-state index in [1.807, 2.05) is 0 Å². The van der Waals surface area contributed by atoms with Crippen molar-refractivity contribution in [2.75, 3.05) is 31.4 Å². The van der Waals surface area contributed by atoms with Crippen molar-refractivity contribution in [2.24, 2.45) is 0 Å². The Labute approximate surface area is 129 Å². The summed E-state index contributed by atoms with van der Waals surface area (Å²) in [5.41, 5.74) is 3.18. The van der Waals surface area contributed by atoms with Crippen LogP contribution in [0.2, 0.25) is 0 Å². The van der Waals surface area contributed by atoms with Gasteiger partial charge in [0.15, 0.2) is 23.2 Å². The number of nitrogens with two attached hydrogens (primary N) is 1. The molecular formula is C12H15F2N6O3. The molecule has 4 N–H and O–H groups in total. The summed E-state index contributed by atoms with van der Waals surface area (Å²) >= 11 is 0. The van der Waals surface area contributed by atoms with Crippen molar-refractivity contribution in [1.82, 2.24) is 19.5 Å². The van der Waals surface area contributed by atoms with Crippen molar-refractivity contribution in [3.8, 4) is 0 Å². The maximum Gasteiger partial charge on any atom is 0.224 e. The Hall–Kier alpha value is -2.11. The van der Waals surface area contributed by atoms with E-state index in [4.69, 9.17) is 10.5 Å². The van der Waals surface area contributed by atoms with Crippen LogP contribution in [0.3, 0.4) is 0 Å². The molecule has 125 valence electrons. The van der Waals surface area contributed by atoms with Crippen LogP contribution in [0.5, 0.6) is 0 Å². The highest BCUT2D eigenvalue weighted by atomic mass is 19.2. The van der Waals surface area contributed by atoms with Gasteiger partial charge in [0.25, 0.3) is 0 Å². The third-order valence-corrected chi connectivity index (χ3v) is 3.86. The van der Waals surface area contributed by atoms with Gasteiger partial charge in [0, 0.05) is 7.05 Å². The van der Waals surface area contributed by atoms with Crippen LogP contribution in [0.25, 0.3) is 11.2 Å². The lowest BCUT2D eigenvalue weighted by atomic mass is 9.97. The molecule has 2 aromatic rings. The summed E-state index contributed by atoms with van der Waals surface area (Å²) in [6.45, 7) is -2.44. The lowest BCUT2D eigenvalue weighted by Gasteiger charge is -2.25. The fourth-order valence-corrected chi connectivity index (χ4v) is 2.66. The van der Waals surface area contributed by atoms with E-state index in [0.717, 1.165) is 4.57 Å². The monoisotopic (exact) mass is 329 g/mol. The number of aromatic nitrogens is 4. The number of aliphatic hydroxyl groups excluding tert-OH is 1. The van der Waals surface area contributed by atoms with Gasteiger partial charge in [-0.3, -0.25) is 4.57 Å². The summed E-state index contributed by atoms with van der Waals surface area (Å²) in [6.07, 6.45) is -3.68. The third kappa shape index (κ3) is 2.19. The molecule has 3 rings (SSSR count). The minimum atomic E-state index is -2.79. The van der Waals surface area contributed by atoms with E-state index in [2.05, 4.69) is 20.3 Å². The zero-order valence-corrected chi connectivity index (χ0v) is 12.1. The maximum absolute atomic E-state index is 14.9. The normalized spacial score (nSPS) is 30.9. The topological polar surface area (TPSA) is 131 Å². The maximum atomic E-state index is 14.9. The van der Waals surface area contributed by atoms with Gasteiger partial charge < -0.3 is 20.9 Å². The van der Waals surface area contributed by atoms with E-state index in [0.29, 0.717) is 5.82 Å². The second-order valence-corrected chi connectivity index (χ2v) is 5.20. The van der Waals surface area contributed by atoms with E-state index in [1.165, 1.54) is 6.33 Å². The summed E-state index contributed by atoms with van der Waals surface area (Å²) in [7, 11) is 1.59. The number of hydrogen-bond acceptors (Lipinski definition) is 7. The quantitative estimate of drug-likeness (QED) is 0.709. The summed E-state index contributed by atoms with van der Waals surface area (Å²) in [4.78, 5) is 11.9. The van der Waals surface area contributed by atoms with Crippen LogP contribution in [-0.4, -0.2) is 62.8 Å². The molecule has 0 saturated carbocycles. The molecule has 1 aliphatic rings. The number of imidazole rings is 1. The fourth-order valence-electron chi connectivity index (χ4n) is 2.66. The van der Waals surface area contributed by atoms with Crippen molar-refractivity contribution in [3.63, 3.8) is 0 Å². The van der Waals surface area contributed by atoms with Crippen molar-refractivity contribution in [1.29, 1.82) is 0 Å². The molecule has 0 unspecified atom stereocenters. The average molecular weight is 329 g/mol. The van der Waals surface area contributed by atoms with Crippen LogP contribution in [0.1, 0.15) is 6.23 Å². The largest absolute Gasteiger partial charge is 0.387 e. The molecule has 23 heavy (non-hydrogen) atoms. The van der Waals surface area contributed by atoms with Gasteiger partial charge in [0.1, 0.15) is 25.5 Å². The van der Waals surface area contributed by atoms with Gasteiger partial charge in [-0.05, 0) is 0 Å². The van der Waals surface area contributed by atoms with Crippen molar-refractivity contribution < 1.29 is 23.7 Å². The number of aliphatic hydroxyl groups is 1. The molecule has 1 fully saturated rings. The highest BCUT2D eigenvalue weighted by Crippen LogP contribution is 2.43. The van der Waals surface area contributed by atoms with E-state index in [9.17, 15) is 19.0 Å². The van der Waals surface area contributed by atoms with Crippen LogP contribution in [0, 0.1) is 0 Å². The van der Waals surface area contributed by atoms with Crippen LogP contribution < -0.4 is 11.1 Å². The van der Waals surface area contributed by atoms with Gasteiger partial charge in [0.05, 0.1) is 6.33 Å². The lowest BCUT2D eigenvalue weighted by Crippen LogP contribution is -2.45. The number of fused-ring (bicyclic) bond motifs is 1. The zero-order valence-electron chi connectivity index (χ0n) is 12.1. The smallest absolute Gasteiger partial charge is 0.224 e. The minimum Gasteiger partial charge on any atom is -0.387 e. The second kappa shape index (κ2) is 5.51. The molecule has 0 bridgehead atoms. The van der Waals surface area contributed by atoms with E-state index < -0.39 is 37.4 Å². The highest BCUT2D eigenvalue weighted by Gasteiger charge is 2.59. The summed E-state index contributed by atoms with van der Waals surface area (Å²) in [5.74, 6) is 0.196. The third-order valence-electron chi connectivity index (χ3n) is 3.86. The molecule has 2 aromatic heterocycles. The molecule has 3 heterocycles. The SMILES string of the molecule is CNc1nc(N)nc2c1ncn2[C@@H]1O[C@H](C[O])[C@@H](O)[C@]1(F)CF. The van der Waals surface area contributed by atoms with E-state index in [-0.39, 0.29) is 17.1 Å². The Bertz CT molecular complexity index is 728. The number of nitrogen functional groups attached to an aromatic ring is 1. The molecule has 1 saturated heterocycles. The van der Waals surface area contributed by atoms with Gasteiger partial charge in [-0.25, -0.2) is 18.9 Å². The van der Waals surface area contributed by atoms with Crippen LogP contribution in [-0.2, 0) is 9.84 Å². The molecule has 11 heteroatoms. The number of rotatable bonds is 4. The van der Waals surface area contributed by atoms with E-state index >= 15 is 0 Å². The van der Waals surface area contributed by atoms with Gasteiger partial charge in [-0.15, -0.1) is 0 Å². The fraction of sp³-hybridized carbons (Fsp3) is 0.583. The van der Waals surface area contributed by atoms with Gasteiger partial charge in [-0.1, -0.05) is 0 Å². The Morgan fingerprint density at radius 1 is 1.57 bits per heavy atom. The first kappa shape index (κ1) is 15.8. The molecule has 0 amide bonds. The summed E-state index contributed by atoms with van der Waals surface area (Å²) in [5, 5.41) is 23.6. The second-order valence-electron chi connectivity index (χ2n) is 5.20. The number of alkyl halides is 2. The molecule has 0 aliphatic carbocycles. The number of nitrogens with one attached hydrogen (secondary N) is 1. The number of ether oxygens (including phenoxy) is 1.